The van der Waals surface area contributed by atoms with Crippen LogP contribution in [0.25, 0.3) is 0 Å². The number of nitrogens with zero attached hydrogens (tertiary/aromatic N) is 1. The largest absolute Gasteiger partial charge is 0.481 e. The fraction of sp³-hybridized carbons (Fsp3) is 0.619. The van der Waals surface area contributed by atoms with E-state index >= 15 is 0 Å². The third kappa shape index (κ3) is 7.06. The van der Waals surface area contributed by atoms with Crippen molar-refractivity contribution in [3.05, 3.63) is 34.9 Å². The van der Waals surface area contributed by atoms with Gasteiger partial charge in [0.25, 0.3) is 0 Å². The minimum absolute atomic E-state index is 0.0924. The Hall–Kier alpha value is -1.75. The number of benzene rings is 1. The highest BCUT2D eigenvalue weighted by atomic mass is 35.5. The van der Waals surface area contributed by atoms with Crippen molar-refractivity contribution in [2.24, 2.45) is 10.8 Å². The maximum Gasteiger partial charge on any atom is 0.409 e. The van der Waals surface area contributed by atoms with Gasteiger partial charge in [-0.2, -0.15) is 0 Å². The molecule has 1 aliphatic heterocycles. The molecule has 1 heterocycles. The number of hydrogen-bond donors (Lipinski definition) is 1. The molecule has 1 aliphatic rings. The lowest BCUT2D eigenvalue weighted by molar-refractivity contribution is -0.151. The molecular formula is C21H32ClNO4. The van der Waals surface area contributed by atoms with Crippen LogP contribution in [0.1, 0.15) is 53.0 Å². The molecule has 1 aromatic carbocycles. The van der Waals surface area contributed by atoms with Gasteiger partial charge in [-0.05, 0) is 42.4 Å². The molecule has 0 bridgehead atoms. The molecule has 0 spiro atoms. The Kier molecular flexibility index (Phi) is 8.60. The van der Waals surface area contributed by atoms with Gasteiger partial charge in [-0.15, -0.1) is 0 Å². The van der Waals surface area contributed by atoms with Gasteiger partial charge >= 0.3 is 12.1 Å². The first kappa shape index (κ1) is 23.3. The summed E-state index contributed by atoms with van der Waals surface area (Å²) in [6.45, 7) is 11.1. The van der Waals surface area contributed by atoms with E-state index < -0.39 is 11.4 Å². The molecule has 0 atom stereocenters. The van der Waals surface area contributed by atoms with Crippen molar-refractivity contribution in [2.45, 2.75) is 53.9 Å². The fourth-order valence-electron chi connectivity index (χ4n) is 2.95. The molecule has 1 aromatic rings. The number of halogens is 1. The Balaban J connectivity index is 0.00000176. The van der Waals surface area contributed by atoms with Crippen LogP contribution in [-0.2, 0) is 16.0 Å². The van der Waals surface area contributed by atoms with Crippen molar-refractivity contribution in [3.63, 3.8) is 0 Å². The van der Waals surface area contributed by atoms with Crippen molar-refractivity contribution < 1.29 is 19.4 Å². The molecule has 27 heavy (non-hydrogen) atoms. The van der Waals surface area contributed by atoms with Gasteiger partial charge in [0.05, 0.1) is 12.0 Å². The standard InChI is InChI=1S/C19H26ClNO4.C2H6/c1-18(2,3)13-25-17(24)21-10-8-19(9-11-21,16(22)23)12-14-4-6-15(20)7-5-14;1-2/h4-7H,8-13H2,1-3H3,(H,22,23);1-2H3. The highest BCUT2D eigenvalue weighted by Crippen LogP contribution is 2.36. The number of rotatable bonds is 4. The van der Waals surface area contributed by atoms with Crippen LogP contribution < -0.4 is 0 Å². The highest BCUT2D eigenvalue weighted by Gasteiger charge is 2.42. The minimum Gasteiger partial charge on any atom is -0.481 e. The average molecular weight is 398 g/mol. The van der Waals surface area contributed by atoms with Gasteiger partial charge in [-0.3, -0.25) is 4.79 Å². The summed E-state index contributed by atoms with van der Waals surface area (Å²) >= 11 is 5.89. The zero-order valence-electron chi connectivity index (χ0n) is 17.0. The predicted molar refractivity (Wildman–Crippen MR) is 108 cm³/mol. The molecule has 5 nitrogen and oxygen atoms in total. The number of carboxylic acid groups (broad SMARTS) is 1. The molecule has 1 fully saturated rings. The molecule has 0 radical (unpaired) electrons. The monoisotopic (exact) mass is 397 g/mol. The summed E-state index contributed by atoms with van der Waals surface area (Å²) < 4.78 is 5.33. The summed E-state index contributed by atoms with van der Waals surface area (Å²) in [5, 5.41) is 10.4. The van der Waals surface area contributed by atoms with Crippen molar-refractivity contribution in [3.8, 4) is 0 Å². The van der Waals surface area contributed by atoms with Crippen molar-refractivity contribution in [1.82, 2.24) is 4.90 Å². The smallest absolute Gasteiger partial charge is 0.409 e. The second-order valence-electron chi connectivity index (χ2n) is 7.99. The molecule has 6 heteroatoms. The normalized spacial score (nSPS) is 16.1. The summed E-state index contributed by atoms with van der Waals surface area (Å²) in [5.74, 6) is -0.815. The second kappa shape index (κ2) is 9.98. The van der Waals surface area contributed by atoms with Crippen molar-refractivity contribution >= 4 is 23.7 Å². The maximum atomic E-state index is 12.2. The number of carbonyl (C=O) groups is 2. The third-order valence-corrected chi connectivity index (χ3v) is 4.77. The van der Waals surface area contributed by atoms with Gasteiger partial charge < -0.3 is 14.7 Å². The van der Waals surface area contributed by atoms with Gasteiger partial charge in [0.2, 0.25) is 0 Å². The van der Waals surface area contributed by atoms with Crippen LogP contribution >= 0.6 is 11.6 Å². The van der Waals surface area contributed by atoms with Crippen molar-refractivity contribution in [2.75, 3.05) is 19.7 Å². The molecule has 2 rings (SSSR count). The SMILES string of the molecule is CC.CC(C)(C)COC(=O)N1CCC(Cc2ccc(Cl)cc2)(C(=O)O)CC1. The average Bonchev–Trinajstić information content (AvgIpc) is 2.63. The molecule has 1 saturated heterocycles. The molecule has 1 amide bonds. The van der Waals surface area contributed by atoms with Crippen LogP contribution in [0.4, 0.5) is 4.79 Å². The number of hydrogen-bond acceptors (Lipinski definition) is 3. The quantitative estimate of drug-likeness (QED) is 0.752. The van der Waals surface area contributed by atoms with Crippen molar-refractivity contribution in [1.29, 1.82) is 0 Å². The molecule has 152 valence electrons. The topological polar surface area (TPSA) is 66.8 Å². The number of carboxylic acids is 1. The molecule has 1 N–H and O–H groups in total. The molecule has 0 unspecified atom stereocenters. The number of aliphatic carboxylic acids is 1. The number of piperidine rings is 1. The summed E-state index contributed by atoms with van der Waals surface area (Å²) in [6.07, 6.45) is 0.899. The first-order valence-corrected chi connectivity index (χ1v) is 9.89. The zero-order valence-corrected chi connectivity index (χ0v) is 17.8. The van der Waals surface area contributed by atoms with Crippen LogP contribution in [-0.4, -0.2) is 41.8 Å². The molecule has 0 aromatic heterocycles. The second-order valence-corrected chi connectivity index (χ2v) is 8.43. The Morgan fingerprint density at radius 1 is 1.15 bits per heavy atom. The lowest BCUT2D eigenvalue weighted by Crippen LogP contribution is -2.48. The van der Waals surface area contributed by atoms with E-state index in [-0.39, 0.29) is 11.5 Å². The number of likely N-dealkylation sites (tertiary alicyclic amines) is 1. The fourth-order valence-corrected chi connectivity index (χ4v) is 3.07. The summed E-state index contributed by atoms with van der Waals surface area (Å²) in [6, 6.07) is 7.25. The third-order valence-electron chi connectivity index (χ3n) is 4.52. The van der Waals surface area contributed by atoms with Crippen LogP contribution in [0.3, 0.4) is 0 Å². The number of amides is 1. The Bertz CT molecular complexity index is 614. The lowest BCUT2D eigenvalue weighted by Gasteiger charge is -2.38. The number of ether oxygens (including phenoxy) is 1. The van der Waals surface area contributed by atoms with Gasteiger partial charge in [0.15, 0.2) is 0 Å². The Morgan fingerprint density at radius 2 is 1.67 bits per heavy atom. The van der Waals surface area contributed by atoms with E-state index in [1.165, 1.54) is 0 Å². The first-order chi connectivity index (χ1) is 12.6. The van der Waals surface area contributed by atoms with Crippen LogP contribution in [0.5, 0.6) is 0 Å². The van der Waals surface area contributed by atoms with E-state index in [4.69, 9.17) is 16.3 Å². The van der Waals surface area contributed by atoms with E-state index in [0.717, 1.165) is 5.56 Å². The van der Waals surface area contributed by atoms with Gasteiger partial charge in [-0.25, -0.2) is 4.79 Å². The summed E-state index contributed by atoms with van der Waals surface area (Å²) in [4.78, 5) is 25.7. The highest BCUT2D eigenvalue weighted by molar-refractivity contribution is 6.30. The van der Waals surface area contributed by atoms with Crippen LogP contribution in [0, 0.1) is 10.8 Å². The minimum atomic E-state index is -0.853. The van der Waals surface area contributed by atoms with E-state index in [2.05, 4.69) is 0 Å². The number of carbonyl (C=O) groups excluding carboxylic acids is 1. The lowest BCUT2D eigenvalue weighted by atomic mass is 9.74. The summed E-state index contributed by atoms with van der Waals surface area (Å²) in [7, 11) is 0. The van der Waals surface area contributed by atoms with Gasteiger partial charge in [-0.1, -0.05) is 58.4 Å². The molecule has 0 aliphatic carbocycles. The van der Waals surface area contributed by atoms with Gasteiger partial charge in [0.1, 0.15) is 0 Å². The Morgan fingerprint density at radius 3 is 2.11 bits per heavy atom. The summed E-state index contributed by atoms with van der Waals surface area (Å²) in [5.41, 5.74) is -0.00462. The first-order valence-electron chi connectivity index (χ1n) is 9.51. The van der Waals surface area contributed by atoms with Gasteiger partial charge in [0, 0.05) is 18.1 Å². The molecular weight excluding hydrogens is 366 g/mol. The zero-order chi connectivity index (χ0) is 20.7. The Labute approximate surface area is 167 Å². The van der Waals surface area contributed by atoms with E-state index in [1.807, 2.05) is 46.8 Å². The predicted octanol–water partition coefficient (Wildman–Crippen LogP) is 5.26. The van der Waals surface area contributed by atoms with E-state index in [0.29, 0.717) is 44.0 Å². The molecule has 0 saturated carbocycles. The maximum absolute atomic E-state index is 12.2. The van der Waals surface area contributed by atoms with E-state index in [1.54, 1.807) is 17.0 Å². The van der Waals surface area contributed by atoms with Crippen LogP contribution in [0.15, 0.2) is 24.3 Å². The van der Waals surface area contributed by atoms with E-state index in [9.17, 15) is 14.7 Å². The van der Waals surface area contributed by atoms with Crippen LogP contribution in [0.2, 0.25) is 5.02 Å².